The van der Waals surface area contributed by atoms with Gasteiger partial charge in [-0.3, -0.25) is 14.2 Å². The van der Waals surface area contributed by atoms with Crippen molar-refractivity contribution in [2.24, 2.45) is 0 Å². The molecule has 4 aromatic rings. The van der Waals surface area contributed by atoms with E-state index in [1.807, 2.05) is 43.3 Å². The van der Waals surface area contributed by atoms with Crippen LogP contribution >= 0.6 is 0 Å². The van der Waals surface area contributed by atoms with Gasteiger partial charge < -0.3 is 10.1 Å². The van der Waals surface area contributed by atoms with Crippen LogP contribution in [0.15, 0.2) is 83.8 Å². The van der Waals surface area contributed by atoms with E-state index in [4.69, 9.17) is 4.74 Å². The van der Waals surface area contributed by atoms with Crippen LogP contribution in [0.25, 0.3) is 11.0 Å². The Morgan fingerprint density at radius 3 is 2.59 bits per heavy atom. The molecule has 0 aliphatic carbocycles. The lowest BCUT2D eigenvalue weighted by molar-refractivity contribution is -0.116. The molecule has 6 nitrogen and oxygen atoms in total. The quantitative estimate of drug-likeness (QED) is 0.560. The number of amides is 1. The molecule has 0 radical (unpaired) electrons. The van der Waals surface area contributed by atoms with Crippen molar-refractivity contribution in [2.45, 2.75) is 13.5 Å². The number of nitrogens with one attached hydrogen (secondary N) is 1. The van der Waals surface area contributed by atoms with Crippen LogP contribution in [-0.4, -0.2) is 15.5 Å². The lowest BCUT2D eigenvalue weighted by Crippen LogP contribution is -2.27. The minimum Gasteiger partial charge on any atom is -0.457 e. The molecule has 0 spiro atoms. The van der Waals surface area contributed by atoms with E-state index in [-0.39, 0.29) is 18.0 Å². The summed E-state index contributed by atoms with van der Waals surface area (Å²) in [6.07, 6.45) is 1.23. The summed E-state index contributed by atoms with van der Waals surface area (Å²) in [4.78, 5) is 28.7. The van der Waals surface area contributed by atoms with Crippen molar-refractivity contribution in [1.82, 2.24) is 9.55 Å². The molecular formula is C23H19N3O3. The number of anilines is 1. The third-order valence-electron chi connectivity index (χ3n) is 4.42. The summed E-state index contributed by atoms with van der Waals surface area (Å²) >= 11 is 0. The average molecular weight is 385 g/mol. The third-order valence-corrected chi connectivity index (χ3v) is 4.42. The molecule has 4 rings (SSSR count). The first-order valence-electron chi connectivity index (χ1n) is 9.17. The average Bonchev–Trinajstić information content (AvgIpc) is 2.72. The normalized spacial score (nSPS) is 10.7. The Bertz CT molecular complexity index is 1230. The zero-order valence-electron chi connectivity index (χ0n) is 15.8. The smallest absolute Gasteiger partial charge is 0.269 e. The highest BCUT2D eigenvalue weighted by Gasteiger charge is 2.09. The zero-order chi connectivity index (χ0) is 20.2. The SMILES string of the molecule is Cc1cccc(Oc2ccc(NC(=O)Cn3c(=O)cnc4ccccc43)cc2)c1. The highest BCUT2D eigenvalue weighted by atomic mass is 16.5. The Morgan fingerprint density at radius 2 is 1.79 bits per heavy atom. The van der Waals surface area contributed by atoms with E-state index in [9.17, 15) is 9.59 Å². The lowest BCUT2D eigenvalue weighted by Gasteiger charge is -2.11. The van der Waals surface area contributed by atoms with Gasteiger partial charge in [0.25, 0.3) is 5.56 Å². The Kier molecular flexibility index (Phi) is 5.07. The molecule has 0 bridgehead atoms. The van der Waals surface area contributed by atoms with Gasteiger partial charge in [-0.25, -0.2) is 4.98 Å². The van der Waals surface area contributed by atoms with Crippen LogP contribution in [0.3, 0.4) is 0 Å². The summed E-state index contributed by atoms with van der Waals surface area (Å²) in [7, 11) is 0. The maximum absolute atomic E-state index is 12.5. The van der Waals surface area contributed by atoms with Gasteiger partial charge in [0.15, 0.2) is 0 Å². The molecule has 0 saturated carbocycles. The first-order chi connectivity index (χ1) is 14.1. The van der Waals surface area contributed by atoms with Crippen molar-refractivity contribution in [3.63, 3.8) is 0 Å². The molecular weight excluding hydrogens is 366 g/mol. The predicted molar refractivity (Wildman–Crippen MR) is 112 cm³/mol. The fraction of sp³-hybridized carbons (Fsp3) is 0.0870. The van der Waals surface area contributed by atoms with Crippen LogP contribution in [0.4, 0.5) is 5.69 Å². The summed E-state index contributed by atoms with van der Waals surface area (Å²) in [5.74, 6) is 1.13. The van der Waals surface area contributed by atoms with Crippen molar-refractivity contribution in [3.8, 4) is 11.5 Å². The number of fused-ring (bicyclic) bond motifs is 1. The van der Waals surface area contributed by atoms with Crippen LogP contribution in [0.2, 0.25) is 0 Å². The largest absolute Gasteiger partial charge is 0.457 e. The number of aryl methyl sites for hydroxylation is 1. The van der Waals surface area contributed by atoms with Crippen LogP contribution in [0.1, 0.15) is 5.56 Å². The first-order valence-corrected chi connectivity index (χ1v) is 9.17. The van der Waals surface area contributed by atoms with Crippen LogP contribution in [-0.2, 0) is 11.3 Å². The molecule has 0 unspecified atom stereocenters. The van der Waals surface area contributed by atoms with Gasteiger partial charge in [0, 0.05) is 5.69 Å². The first kappa shape index (κ1) is 18.4. The van der Waals surface area contributed by atoms with E-state index in [0.717, 1.165) is 11.3 Å². The van der Waals surface area contributed by atoms with Gasteiger partial charge >= 0.3 is 0 Å². The number of benzene rings is 3. The van der Waals surface area contributed by atoms with Gasteiger partial charge in [0.2, 0.25) is 5.91 Å². The molecule has 6 heteroatoms. The Labute approximate surface area is 167 Å². The second-order valence-corrected chi connectivity index (χ2v) is 6.66. The second kappa shape index (κ2) is 7.98. The van der Waals surface area contributed by atoms with E-state index in [2.05, 4.69) is 10.3 Å². The summed E-state index contributed by atoms with van der Waals surface area (Å²) in [5, 5.41) is 2.81. The number of para-hydroxylation sites is 2. The number of carbonyl (C=O) groups excluding carboxylic acids is 1. The fourth-order valence-corrected chi connectivity index (χ4v) is 3.04. The number of aromatic nitrogens is 2. The van der Waals surface area contributed by atoms with Crippen molar-refractivity contribution in [3.05, 3.63) is 94.9 Å². The summed E-state index contributed by atoms with van der Waals surface area (Å²) < 4.78 is 7.22. The van der Waals surface area contributed by atoms with E-state index < -0.39 is 0 Å². The van der Waals surface area contributed by atoms with Gasteiger partial charge in [-0.05, 0) is 61.0 Å². The maximum atomic E-state index is 12.5. The molecule has 1 aromatic heterocycles. The van der Waals surface area contributed by atoms with Gasteiger partial charge in [-0.15, -0.1) is 0 Å². The van der Waals surface area contributed by atoms with Gasteiger partial charge in [0.1, 0.15) is 18.0 Å². The maximum Gasteiger partial charge on any atom is 0.269 e. The fourth-order valence-electron chi connectivity index (χ4n) is 3.04. The minimum atomic E-state index is -0.319. The number of hydrogen-bond donors (Lipinski definition) is 1. The molecule has 1 amide bonds. The van der Waals surface area contributed by atoms with Crippen molar-refractivity contribution >= 4 is 22.6 Å². The van der Waals surface area contributed by atoms with Crippen molar-refractivity contribution in [1.29, 1.82) is 0 Å². The van der Waals surface area contributed by atoms with E-state index in [1.165, 1.54) is 10.8 Å². The molecule has 1 heterocycles. The number of ether oxygens (including phenoxy) is 1. The Morgan fingerprint density at radius 1 is 1.00 bits per heavy atom. The van der Waals surface area contributed by atoms with Gasteiger partial charge in [-0.1, -0.05) is 24.3 Å². The molecule has 0 saturated heterocycles. The molecule has 1 N–H and O–H groups in total. The predicted octanol–water partition coefficient (Wildman–Crippen LogP) is 4.14. The Balaban J connectivity index is 1.45. The van der Waals surface area contributed by atoms with Crippen LogP contribution in [0.5, 0.6) is 11.5 Å². The number of rotatable bonds is 5. The molecule has 3 aromatic carbocycles. The van der Waals surface area contributed by atoms with Crippen LogP contribution < -0.4 is 15.6 Å². The topological polar surface area (TPSA) is 73.2 Å². The molecule has 144 valence electrons. The Hall–Kier alpha value is -3.93. The highest BCUT2D eigenvalue weighted by Crippen LogP contribution is 2.23. The lowest BCUT2D eigenvalue weighted by atomic mass is 10.2. The minimum absolute atomic E-state index is 0.0938. The highest BCUT2D eigenvalue weighted by molar-refractivity contribution is 5.91. The summed E-state index contributed by atoms with van der Waals surface area (Å²) in [5.41, 5.74) is 2.71. The molecule has 0 aliphatic heterocycles. The van der Waals surface area contributed by atoms with Crippen molar-refractivity contribution < 1.29 is 9.53 Å². The molecule has 0 fully saturated rings. The third kappa shape index (κ3) is 4.32. The summed E-state index contributed by atoms with van der Waals surface area (Å²) in [6, 6.07) is 22.1. The van der Waals surface area contributed by atoms with Gasteiger partial charge in [-0.2, -0.15) is 0 Å². The standard InChI is InChI=1S/C23H19N3O3/c1-16-5-4-6-19(13-16)29-18-11-9-17(10-12-18)25-22(27)15-26-21-8-3-2-7-20(21)24-14-23(26)28/h2-14H,15H2,1H3,(H,25,27). The van der Waals surface area contributed by atoms with E-state index in [0.29, 0.717) is 22.5 Å². The molecule has 0 atom stereocenters. The van der Waals surface area contributed by atoms with E-state index >= 15 is 0 Å². The summed E-state index contributed by atoms with van der Waals surface area (Å²) in [6.45, 7) is 1.91. The zero-order valence-corrected chi connectivity index (χ0v) is 15.8. The molecule has 0 aliphatic rings. The second-order valence-electron chi connectivity index (χ2n) is 6.66. The van der Waals surface area contributed by atoms with E-state index in [1.54, 1.807) is 36.4 Å². The number of nitrogens with zero attached hydrogens (tertiary/aromatic N) is 2. The van der Waals surface area contributed by atoms with Crippen molar-refractivity contribution in [2.75, 3.05) is 5.32 Å². The monoisotopic (exact) mass is 385 g/mol. The van der Waals surface area contributed by atoms with Gasteiger partial charge in [0.05, 0.1) is 17.2 Å². The number of hydrogen-bond acceptors (Lipinski definition) is 4. The number of carbonyl (C=O) groups is 1. The molecule has 29 heavy (non-hydrogen) atoms. The van der Waals surface area contributed by atoms with Crippen LogP contribution in [0, 0.1) is 6.92 Å².